The number of carbonyl (C=O) groups is 2. The van der Waals surface area contributed by atoms with Gasteiger partial charge in [-0.15, -0.1) is 0 Å². The zero-order valence-electron chi connectivity index (χ0n) is 17.1. The summed E-state index contributed by atoms with van der Waals surface area (Å²) in [7, 11) is -3.51. The molecule has 0 heterocycles. The minimum absolute atomic E-state index is 0.147. The SMILES string of the molecule is CCN(CC)S(=O)(=O)c1ccc(/C=C/C(=O)NCC(=O)OCc2ccccc2)cc1. The van der Waals surface area contributed by atoms with Gasteiger partial charge >= 0.3 is 5.97 Å². The van der Waals surface area contributed by atoms with E-state index in [1.807, 2.05) is 30.3 Å². The topological polar surface area (TPSA) is 92.8 Å². The Bertz CT molecular complexity index is 966. The van der Waals surface area contributed by atoms with Crippen LogP contribution >= 0.6 is 0 Å². The molecule has 160 valence electrons. The Balaban J connectivity index is 1.84. The minimum atomic E-state index is -3.51. The van der Waals surface area contributed by atoms with Gasteiger partial charge in [-0.05, 0) is 29.3 Å². The summed E-state index contributed by atoms with van der Waals surface area (Å²) in [5.74, 6) is -0.988. The highest BCUT2D eigenvalue weighted by Gasteiger charge is 2.20. The number of esters is 1. The summed E-state index contributed by atoms with van der Waals surface area (Å²) in [4.78, 5) is 23.8. The van der Waals surface area contributed by atoms with Gasteiger partial charge in [-0.3, -0.25) is 9.59 Å². The monoisotopic (exact) mass is 430 g/mol. The van der Waals surface area contributed by atoms with Gasteiger partial charge in [-0.25, -0.2) is 8.42 Å². The van der Waals surface area contributed by atoms with Crippen LogP contribution in [0.2, 0.25) is 0 Å². The standard InChI is InChI=1S/C22H26N2O5S/c1-3-24(4-2)30(27,28)20-13-10-18(11-14-20)12-15-21(25)23-16-22(26)29-17-19-8-6-5-7-9-19/h5-15H,3-4,16-17H2,1-2H3,(H,23,25)/b15-12+. The maximum absolute atomic E-state index is 12.5. The van der Waals surface area contributed by atoms with Crippen molar-refractivity contribution in [3.8, 4) is 0 Å². The molecule has 2 aromatic rings. The summed E-state index contributed by atoms with van der Waals surface area (Å²) in [6.07, 6.45) is 2.82. The number of ether oxygens (including phenoxy) is 1. The van der Waals surface area contributed by atoms with E-state index in [2.05, 4.69) is 5.32 Å². The Morgan fingerprint density at radius 2 is 1.63 bits per heavy atom. The Kier molecular flexibility index (Phi) is 8.76. The molecule has 1 N–H and O–H groups in total. The maximum Gasteiger partial charge on any atom is 0.325 e. The van der Waals surface area contributed by atoms with Crippen molar-refractivity contribution in [2.24, 2.45) is 0 Å². The number of benzene rings is 2. The second-order valence-electron chi connectivity index (χ2n) is 6.36. The van der Waals surface area contributed by atoms with E-state index in [0.29, 0.717) is 18.7 Å². The molecular weight excluding hydrogens is 404 g/mol. The Morgan fingerprint density at radius 3 is 2.23 bits per heavy atom. The number of carbonyl (C=O) groups excluding carboxylic acids is 2. The van der Waals surface area contributed by atoms with Crippen molar-refractivity contribution in [1.82, 2.24) is 9.62 Å². The highest BCUT2D eigenvalue weighted by Crippen LogP contribution is 2.16. The average molecular weight is 431 g/mol. The molecule has 0 aliphatic heterocycles. The molecule has 30 heavy (non-hydrogen) atoms. The van der Waals surface area contributed by atoms with E-state index in [1.54, 1.807) is 32.1 Å². The normalized spacial score (nSPS) is 11.6. The molecule has 2 rings (SSSR count). The molecule has 0 atom stereocenters. The van der Waals surface area contributed by atoms with Gasteiger partial charge in [-0.2, -0.15) is 4.31 Å². The van der Waals surface area contributed by atoms with Crippen LogP contribution < -0.4 is 5.32 Å². The number of hydrogen-bond acceptors (Lipinski definition) is 5. The van der Waals surface area contributed by atoms with Gasteiger partial charge in [-0.1, -0.05) is 56.3 Å². The lowest BCUT2D eigenvalue weighted by molar-refractivity contribution is -0.144. The predicted octanol–water partition coefficient (Wildman–Crippen LogP) is 2.59. The first kappa shape index (κ1) is 23.3. The third kappa shape index (κ3) is 6.82. The fourth-order valence-corrected chi connectivity index (χ4v) is 4.10. The number of rotatable bonds is 10. The van der Waals surface area contributed by atoms with Crippen molar-refractivity contribution >= 4 is 28.0 Å². The highest BCUT2D eigenvalue weighted by molar-refractivity contribution is 7.89. The van der Waals surface area contributed by atoms with Crippen LogP contribution in [0.25, 0.3) is 6.08 Å². The van der Waals surface area contributed by atoms with Gasteiger partial charge in [0.1, 0.15) is 13.2 Å². The molecule has 0 saturated heterocycles. The first-order chi connectivity index (χ1) is 14.4. The van der Waals surface area contributed by atoms with Crippen molar-refractivity contribution in [2.75, 3.05) is 19.6 Å². The van der Waals surface area contributed by atoms with Crippen LogP contribution in [0.3, 0.4) is 0 Å². The van der Waals surface area contributed by atoms with Gasteiger partial charge < -0.3 is 10.1 Å². The summed E-state index contributed by atoms with van der Waals surface area (Å²) >= 11 is 0. The molecule has 2 aromatic carbocycles. The van der Waals surface area contributed by atoms with Gasteiger partial charge in [0.15, 0.2) is 0 Å². The summed E-state index contributed by atoms with van der Waals surface area (Å²) in [6, 6.07) is 15.5. The largest absolute Gasteiger partial charge is 0.460 e. The number of hydrogen-bond donors (Lipinski definition) is 1. The summed E-state index contributed by atoms with van der Waals surface area (Å²) in [5, 5.41) is 2.45. The van der Waals surface area contributed by atoms with Crippen LogP contribution in [0.4, 0.5) is 0 Å². The van der Waals surface area contributed by atoms with Crippen LogP contribution in [0.5, 0.6) is 0 Å². The molecule has 8 heteroatoms. The van der Waals surface area contributed by atoms with Gasteiger partial charge in [0, 0.05) is 19.2 Å². The first-order valence-corrected chi connectivity index (χ1v) is 11.1. The lowest BCUT2D eigenvalue weighted by Gasteiger charge is -2.18. The lowest BCUT2D eigenvalue weighted by atomic mass is 10.2. The summed E-state index contributed by atoms with van der Waals surface area (Å²) in [5.41, 5.74) is 1.53. The number of amides is 1. The van der Waals surface area contributed by atoms with E-state index in [9.17, 15) is 18.0 Å². The second kappa shape index (κ2) is 11.3. The van der Waals surface area contributed by atoms with Crippen LogP contribution in [0.15, 0.2) is 65.6 Å². The van der Waals surface area contributed by atoms with Crippen LogP contribution in [-0.4, -0.2) is 44.2 Å². The van der Waals surface area contributed by atoms with Crippen molar-refractivity contribution in [2.45, 2.75) is 25.3 Å². The van der Waals surface area contributed by atoms with E-state index >= 15 is 0 Å². The third-order valence-electron chi connectivity index (χ3n) is 4.30. The van der Waals surface area contributed by atoms with Crippen molar-refractivity contribution in [3.05, 3.63) is 71.8 Å². The molecule has 0 fully saturated rings. The molecule has 7 nitrogen and oxygen atoms in total. The number of sulfonamides is 1. The zero-order valence-corrected chi connectivity index (χ0v) is 17.9. The van der Waals surface area contributed by atoms with Gasteiger partial charge in [0.2, 0.25) is 15.9 Å². The first-order valence-electron chi connectivity index (χ1n) is 9.62. The quantitative estimate of drug-likeness (QED) is 0.462. The molecule has 0 aliphatic carbocycles. The second-order valence-corrected chi connectivity index (χ2v) is 8.29. The Labute approximate surface area is 177 Å². The van der Waals surface area contributed by atoms with E-state index < -0.39 is 21.9 Å². The fraction of sp³-hybridized carbons (Fsp3) is 0.273. The number of nitrogens with zero attached hydrogens (tertiary/aromatic N) is 1. The van der Waals surface area contributed by atoms with Crippen molar-refractivity contribution in [1.29, 1.82) is 0 Å². The summed E-state index contributed by atoms with van der Waals surface area (Å²) in [6.45, 7) is 4.27. The van der Waals surface area contributed by atoms with E-state index in [-0.39, 0.29) is 18.0 Å². The maximum atomic E-state index is 12.5. The van der Waals surface area contributed by atoms with Gasteiger partial charge in [0.05, 0.1) is 4.90 Å². The van der Waals surface area contributed by atoms with Crippen LogP contribution in [0.1, 0.15) is 25.0 Å². The van der Waals surface area contributed by atoms with Gasteiger partial charge in [0.25, 0.3) is 0 Å². The zero-order chi connectivity index (χ0) is 22.0. The lowest BCUT2D eigenvalue weighted by Crippen LogP contribution is -2.30. The minimum Gasteiger partial charge on any atom is -0.460 e. The average Bonchev–Trinajstić information content (AvgIpc) is 2.76. The third-order valence-corrected chi connectivity index (χ3v) is 6.36. The molecule has 0 bridgehead atoms. The molecule has 0 radical (unpaired) electrons. The van der Waals surface area contributed by atoms with Crippen molar-refractivity contribution in [3.63, 3.8) is 0 Å². The fourth-order valence-electron chi connectivity index (χ4n) is 2.64. The molecule has 0 unspecified atom stereocenters. The Morgan fingerprint density at radius 1 is 1.00 bits per heavy atom. The predicted molar refractivity (Wildman–Crippen MR) is 115 cm³/mol. The van der Waals surface area contributed by atoms with E-state index in [4.69, 9.17) is 4.74 Å². The number of nitrogens with one attached hydrogen (secondary N) is 1. The highest BCUT2D eigenvalue weighted by atomic mass is 32.2. The molecule has 1 amide bonds. The van der Waals surface area contributed by atoms with Crippen LogP contribution in [-0.2, 0) is 31.0 Å². The molecule has 0 spiro atoms. The molecule has 0 aromatic heterocycles. The molecular formula is C22H26N2O5S. The summed E-state index contributed by atoms with van der Waals surface area (Å²) < 4.78 is 31.4. The van der Waals surface area contributed by atoms with E-state index in [0.717, 1.165) is 5.56 Å². The molecule has 0 saturated carbocycles. The van der Waals surface area contributed by atoms with E-state index in [1.165, 1.54) is 22.5 Å². The van der Waals surface area contributed by atoms with Crippen LogP contribution in [0, 0.1) is 0 Å². The van der Waals surface area contributed by atoms with Crippen molar-refractivity contribution < 1.29 is 22.7 Å². The molecule has 0 aliphatic rings. The smallest absolute Gasteiger partial charge is 0.325 e. The Hall–Kier alpha value is -2.97.